The second-order valence-corrected chi connectivity index (χ2v) is 0. The first-order valence-electron chi connectivity index (χ1n) is 0.114. The van der Waals surface area contributed by atoms with Gasteiger partial charge in [0.1, 0.15) is 0 Å². The Bertz CT molecular complexity index is 6.85. The largest absolute Gasteiger partial charge is 0.870 e. The van der Waals surface area contributed by atoms with Crippen molar-refractivity contribution in [2.24, 2.45) is 0 Å². The van der Waals surface area contributed by atoms with Crippen molar-refractivity contribution < 1.29 is 31.5 Å². The van der Waals surface area contributed by atoms with Gasteiger partial charge in [0.25, 0.3) is 0 Å². The van der Waals surface area contributed by atoms with E-state index in [-0.39, 0.29) is 16.4 Å². The first-order valence-corrected chi connectivity index (χ1v) is 1.41. The Morgan fingerprint density at radius 1 is 0.800 bits per heavy atom. The van der Waals surface area contributed by atoms with Gasteiger partial charge in [-0.15, -0.1) is 0 Å². The fourth-order valence-electron chi connectivity index (χ4n) is 0. The molecule has 0 aromatic heterocycles. The van der Waals surface area contributed by atoms with E-state index in [2.05, 4.69) is 25.2 Å². The zero-order valence-electron chi connectivity index (χ0n) is 2.02. The molecule has 0 aromatic rings. The molecule has 0 rings (SSSR count). The summed E-state index contributed by atoms with van der Waals surface area (Å²) in [6.45, 7) is 0. The third-order valence-electron chi connectivity index (χ3n) is 0. The average molecular weight is 150 g/mol. The van der Waals surface area contributed by atoms with Crippen LogP contribution in [0.3, 0.4) is 0 Å². The number of hydrogen-bond donors (Lipinski definition) is 0. The van der Waals surface area contributed by atoms with Crippen molar-refractivity contribution >= 4 is 10.1 Å². The van der Waals surface area contributed by atoms with E-state index in [1.165, 1.54) is 0 Å². The van der Waals surface area contributed by atoms with Crippen LogP contribution in [-0.4, -0.2) is 16.4 Å². The van der Waals surface area contributed by atoms with Crippen LogP contribution in [0.15, 0.2) is 0 Å². The molecule has 5 heavy (non-hydrogen) atoms. The molecule has 39 valence electrons. The number of hydrogen-bond acceptors (Lipinski definition) is 3. The molecule has 0 fully saturated rings. The van der Waals surface area contributed by atoms with Crippen LogP contribution in [0, 0.1) is 0 Å². The fraction of sp³-hybridized carbons (Fsp3) is 0. The Labute approximate surface area is 42.3 Å². The van der Waals surface area contributed by atoms with E-state index in [0.717, 1.165) is 0 Å². The van der Waals surface area contributed by atoms with Crippen LogP contribution in [0.1, 0.15) is 0 Å². The van der Waals surface area contributed by atoms with Gasteiger partial charge >= 0.3 is 25.2 Å². The van der Waals surface area contributed by atoms with Crippen LogP contribution in [0.4, 0.5) is 0 Å². The van der Waals surface area contributed by atoms with Gasteiger partial charge in [0.2, 0.25) is 0 Å². The van der Waals surface area contributed by atoms with Gasteiger partial charge < -0.3 is 16.4 Å². The van der Waals surface area contributed by atoms with Crippen LogP contribution in [-0.2, 0) is 15.1 Å². The number of halogens is 1. The molecular formula is H3ClCuO3. The quantitative estimate of drug-likeness (QED) is 0.460. The molecule has 0 saturated carbocycles. The van der Waals surface area contributed by atoms with Crippen molar-refractivity contribution in [1.82, 2.24) is 0 Å². The molecule has 3 N–H and O–H groups in total. The normalized spacial score (nSPS) is 1.20. The van der Waals surface area contributed by atoms with Crippen LogP contribution >= 0.6 is 10.1 Å². The molecule has 0 unspecified atom stereocenters. The topological polar surface area (TPSA) is 90.0 Å². The third kappa shape index (κ3) is 71.4. The molecule has 5 heteroatoms. The van der Waals surface area contributed by atoms with Crippen LogP contribution in [0.2, 0.25) is 0 Å². The Kier molecular flexibility index (Phi) is 1180. The first-order chi connectivity index (χ1) is 1.00. The molecule has 0 aliphatic carbocycles. The fourth-order valence-corrected chi connectivity index (χ4v) is 0. The Morgan fingerprint density at radius 2 is 0.800 bits per heavy atom. The molecule has 0 radical (unpaired) electrons. The van der Waals surface area contributed by atoms with Crippen molar-refractivity contribution in [3.8, 4) is 0 Å². The average Bonchev–Trinajstić information content (AvgIpc) is 1.00. The summed E-state index contributed by atoms with van der Waals surface area (Å²) < 4.78 is 0. The van der Waals surface area contributed by atoms with Crippen molar-refractivity contribution in [2.45, 2.75) is 0 Å². The van der Waals surface area contributed by atoms with Crippen molar-refractivity contribution in [3.63, 3.8) is 0 Å². The minimum Gasteiger partial charge on any atom is -0.870 e. The van der Waals surface area contributed by atoms with E-state index < -0.39 is 0 Å². The van der Waals surface area contributed by atoms with Crippen molar-refractivity contribution in [3.05, 3.63) is 0 Å². The zero-order valence-corrected chi connectivity index (χ0v) is 3.72. The molecule has 0 heterocycles. The van der Waals surface area contributed by atoms with E-state index in [4.69, 9.17) is 0 Å². The van der Waals surface area contributed by atoms with Crippen molar-refractivity contribution in [1.29, 1.82) is 0 Å². The molecule has 3 nitrogen and oxygen atoms in total. The molecular weight excluding hydrogens is 147 g/mol. The molecule has 0 saturated heterocycles. The van der Waals surface area contributed by atoms with E-state index in [1.54, 1.807) is 0 Å². The molecule has 0 amide bonds. The summed E-state index contributed by atoms with van der Waals surface area (Å²) >= 11 is 3.66. The van der Waals surface area contributed by atoms with Gasteiger partial charge in [-0.1, -0.05) is 0 Å². The van der Waals surface area contributed by atoms with Gasteiger partial charge in [-0.05, 0) is 0 Å². The minimum atomic E-state index is 0. The summed E-state index contributed by atoms with van der Waals surface area (Å²) in [5, 5.41) is 0. The van der Waals surface area contributed by atoms with Gasteiger partial charge in [-0.3, -0.25) is 0 Å². The maximum atomic E-state index is 4.20. The molecule has 0 bridgehead atoms. The van der Waals surface area contributed by atoms with E-state index in [9.17, 15) is 0 Å². The molecule has 0 spiro atoms. The summed E-state index contributed by atoms with van der Waals surface area (Å²) in [5.41, 5.74) is 0. The first kappa shape index (κ1) is 43.8. The maximum absolute atomic E-state index is 4.20. The molecule has 0 aliphatic heterocycles. The Balaban J connectivity index is -0.00000000167. The van der Waals surface area contributed by atoms with Crippen LogP contribution in [0.25, 0.3) is 0 Å². The third-order valence-corrected chi connectivity index (χ3v) is 0. The predicted octanol–water partition coefficient (Wildman–Crippen LogP) is 0.157. The summed E-state index contributed by atoms with van der Waals surface area (Å²) in [6, 6.07) is 0. The standard InChI is InChI=1S/ClH.Cu.3H2O/h1H;;3*1H2/q;+4;;;/p-4. The Morgan fingerprint density at radius 3 is 0.800 bits per heavy atom. The maximum Gasteiger partial charge on any atom is -0.870 e. The van der Waals surface area contributed by atoms with E-state index in [0.29, 0.717) is 0 Å². The van der Waals surface area contributed by atoms with Gasteiger partial charge in [-0.2, -0.15) is 0 Å². The molecule has 0 aliphatic rings. The van der Waals surface area contributed by atoms with Crippen LogP contribution in [0.5, 0.6) is 0 Å². The van der Waals surface area contributed by atoms with E-state index >= 15 is 0 Å². The summed E-state index contributed by atoms with van der Waals surface area (Å²) in [7, 11) is 4.20. The van der Waals surface area contributed by atoms with E-state index in [1.807, 2.05) is 0 Å². The van der Waals surface area contributed by atoms with Gasteiger partial charge in [0.15, 0.2) is 0 Å². The SMILES string of the molecule is [Cl][Cu+3].[OH-].[OH-].[OH-]. The van der Waals surface area contributed by atoms with Crippen molar-refractivity contribution in [2.75, 3.05) is 0 Å². The summed E-state index contributed by atoms with van der Waals surface area (Å²) in [5.74, 6) is 0. The summed E-state index contributed by atoms with van der Waals surface area (Å²) in [6.07, 6.45) is 0. The minimum absolute atomic E-state index is 0. The zero-order chi connectivity index (χ0) is 2.00. The van der Waals surface area contributed by atoms with Gasteiger partial charge in [0.05, 0.1) is 0 Å². The molecule has 0 aromatic carbocycles. The van der Waals surface area contributed by atoms with Gasteiger partial charge in [0, 0.05) is 0 Å². The second kappa shape index (κ2) is 134. The Hall–Kier alpha value is 0.689. The molecule has 0 atom stereocenters. The monoisotopic (exact) mass is 149 g/mol. The second-order valence-electron chi connectivity index (χ2n) is 0. The smallest absolute Gasteiger partial charge is 0.870 e. The predicted molar refractivity (Wildman–Crippen MR) is 11.7 cm³/mol. The summed E-state index contributed by atoms with van der Waals surface area (Å²) in [4.78, 5) is 0. The van der Waals surface area contributed by atoms with Gasteiger partial charge in [-0.25, -0.2) is 0 Å². The van der Waals surface area contributed by atoms with Crippen LogP contribution < -0.4 is 0 Å². The number of rotatable bonds is 0.